The number of hydrogen-bond acceptors (Lipinski definition) is 3. The molecule has 0 saturated carbocycles. The van der Waals surface area contributed by atoms with Crippen LogP contribution >= 0.6 is 0 Å². The Morgan fingerprint density at radius 1 is 1.21 bits per heavy atom. The van der Waals surface area contributed by atoms with E-state index in [1.54, 1.807) is 0 Å². The fourth-order valence-corrected chi connectivity index (χ4v) is 2.33. The fourth-order valence-electron chi connectivity index (χ4n) is 2.33. The molecule has 0 aliphatic carbocycles. The van der Waals surface area contributed by atoms with Crippen molar-refractivity contribution in [3.63, 3.8) is 0 Å². The number of hydrogen-bond donors (Lipinski definition) is 1. The van der Waals surface area contributed by atoms with Gasteiger partial charge in [-0.1, -0.05) is 0 Å². The Morgan fingerprint density at radius 2 is 1.86 bits per heavy atom. The van der Waals surface area contributed by atoms with Gasteiger partial charge in [0.15, 0.2) is 0 Å². The zero-order valence-corrected chi connectivity index (χ0v) is 9.16. The molecule has 1 N–H and O–H groups in total. The van der Waals surface area contributed by atoms with Gasteiger partial charge < -0.3 is 14.8 Å². The Kier molecular flexibility index (Phi) is 3.42. The van der Waals surface area contributed by atoms with Gasteiger partial charge in [0, 0.05) is 13.1 Å². The van der Waals surface area contributed by atoms with E-state index in [1.807, 2.05) is 0 Å². The minimum Gasteiger partial charge on any atom is -0.376 e. The lowest BCUT2D eigenvalue weighted by molar-refractivity contribution is -0.0824. The van der Waals surface area contributed by atoms with E-state index in [2.05, 4.69) is 19.2 Å². The highest BCUT2D eigenvalue weighted by atomic mass is 16.5. The van der Waals surface area contributed by atoms with Gasteiger partial charge in [0.2, 0.25) is 0 Å². The van der Waals surface area contributed by atoms with E-state index in [4.69, 9.17) is 9.47 Å². The molecule has 0 aromatic rings. The number of rotatable bonds is 3. The van der Waals surface area contributed by atoms with Crippen LogP contribution < -0.4 is 5.32 Å². The molecule has 2 heterocycles. The lowest BCUT2D eigenvalue weighted by atomic mass is 9.93. The molecule has 0 bridgehead atoms. The zero-order valence-electron chi connectivity index (χ0n) is 9.16. The van der Waals surface area contributed by atoms with Crippen molar-refractivity contribution in [1.82, 2.24) is 5.32 Å². The van der Waals surface area contributed by atoms with E-state index < -0.39 is 0 Å². The monoisotopic (exact) mass is 199 g/mol. The third-order valence-electron chi connectivity index (χ3n) is 3.11. The summed E-state index contributed by atoms with van der Waals surface area (Å²) < 4.78 is 11.5. The van der Waals surface area contributed by atoms with Crippen molar-refractivity contribution in [2.45, 2.75) is 45.0 Å². The van der Waals surface area contributed by atoms with Gasteiger partial charge in [-0.3, -0.25) is 0 Å². The first-order valence-electron chi connectivity index (χ1n) is 5.72. The molecule has 2 saturated heterocycles. The zero-order chi connectivity index (χ0) is 9.97. The lowest BCUT2D eigenvalue weighted by Gasteiger charge is -2.34. The number of ether oxygens (including phenoxy) is 2. The van der Waals surface area contributed by atoms with Gasteiger partial charge in [-0.15, -0.1) is 0 Å². The molecular formula is C11H21NO2. The summed E-state index contributed by atoms with van der Waals surface area (Å²) in [5.74, 6) is 0.703. The van der Waals surface area contributed by atoms with Crippen LogP contribution in [0.5, 0.6) is 0 Å². The maximum atomic E-state index is 5.80. The molecule has 14 heavy (non-hydrogen) atoms. The summed E-state index contributed by atoms with van der Waals surface area (Å²) in [6, 6.07) is 0. The first kappa shape index (κ1) is 10.4. The van der Waals surface area contributed by atoms with E-state index in [9.17, 15) is 0 Å². The van der Waals surface area contributed by atoms with Crippen molar-refractivity contribution in [3.8, 4) is 0 Å². The Labute approximate surface area is 86.2 Å². The second-order valence-electron chi connectivity index (χ2n) is 4.71. The predicted molar refractivity (Wildman–Crippen MR) is 55.3 cm³/mol. The van der Waals surface area contributed by atoms with E-state index in [-0.39, 0.29) is 0 Å². The van der Waals surface area contributed by atoms with Crippen LogP contribution in [0.15, 0.2) is 0 Å². The highest BCUT2D eigenvalue weighted by Crippen LogP contribution is 2.25. The predicted octanol–water partition coefficient (Wildman–Crippen LogP) is 1.18. The highest BCUT2D eigenvalue weighted by Gasteiger charge is 2.26. The summed E-state index contributed by atoms with van der Waals surface area (Å²) in [7, 11) is 0. The molecule has 3 nitrogen and oxygen atoms in total. The maximum Gasteiger partial charge on any atom is 0.0823 e. The normalized spacial score (nSPS) is 39.4. The van der Waals surface area contributed by atoms with Crippen molar-refractivity contribution in [2.75, 3.05) is 19.7 Å². The van der Waals surface area contributed by atoms with Crippen molar-refractivity contribution < 1.29 is 9.47 Å². The molecule has 2 aliphatic rings. The minimum absolute atomic E-state index is 0.409. The van der Waals surface area contributed by atoms with Crippen molar-refractivity contribution in [1.29, 1.82) is 0 Å². The summed E-state index contributed by atoms with van der Waals surface area (Å²) in [5.41, 5.74) is 0. The van der Waals surface area contributed by atoms with Crippen molar-refractivity contribution in [3.05, 3.63) is 0 Å². The Bertz CT molecular complexity index is 172. The summed E-state index contributed by atoms with van der Waals surface area (Å²) in [4.78, 5) is 0. The molecule has 82 valence electrons. The van der Waals surface area contributed by atoms with E-state index in [0.29, 0.717) is 24.2 Å². The summed E-state index contributed by atoms with van der Waals surface area (Å²) in [6.07, 6.45) is 3.61. The standard InChI is InChI=1S/C11H21NO2/c1-8-3-10(4-9(2)14-8)7-13-11-5-12-6-11/h8-12H,3-7H2,1-2H3. The average molecular weight is 199 g/mol. The second kappa shape index (κ2) is 4.60. The van der Waals surface area contributed by atoms with Gasteiger partial charge in [-0.25, -0.2) is 0 Å². The van der Waals surface area contributed by atoms with Gasteiger partial charge in [0.25, 0.3) is 0 Å². The van der Waals surface area contributed by atoms with Crippen LogP contribution in [0.2, 0.25) is 0 Å². The molecule has 2 unspecified atom stereocenters. The van der Waals surface area contributed by atoms with Gasteiger partial charge >= 0.3 is 0 Å². The van der Waals surface area contributed by atoms with E-state index >= 15 is 0 Å². The largest absolute Gasteiger partial charge is 0.376 e. The highest BCUT2D eigenvalue weighted by molar-refractivity contribution is 4.77. The molecule has 3 heteroatoms. The van der Waals surface area contributed by atoms with Gasteiger partial charge in [0.05, 0.1) is 24.9 Å². The smallest absolute Gasteiger partial charge is 0.0823 e. The maximum absolute atomic E-state index is 5.80. The molecule has 2 atom stereocenters. The van der Waals surface area contributed by atoms with E-state index in [1.165, 1.54) is 0 Å². The molecule has 0 aromatic carbocycles. The van der Waals surface area contributed by atoms with Crippen LogP contribution in [-0.4, -0.2) is 38.0 Å². The minimum atomic E-state index is 0.409. The van der Waals surface area contributed by atoms with Crippen LogP contribution in [0.25, 0.3) is 0 Å². The SMILES string of the molecule is CC1CC(COC2CNC2)CC(C)O1. The van der Waals surface area contributed by atoms with Gasteiger partial charge in [0.1, 0.15) is 0 Å². The molecule has 0 radical (unpaired) electrons. The first-order valence-corrected chi connectivity index (χ1v) is 5.72. The molecule has 2 rings (SSSR count). The summed E-state index contributed by atoms with van der Waals surface area (Å²) in [6.45, 7) is 7.31. The van der Waals surface area contributed by atoms with Crippen LogP contribution in [-0.2, 0) is 9.47 Å². The van der Waals surface area contributed by atoms with Crippen LogP contribution in [0.4, 0.5) is 0 Å². The van der Waals surface area contributed by atoms with Crippen LogP contribution in [0.1, 0.15) is 26.7 Å². The quantitative estimate of drug-likeness (QED) is 0.740. The average Bonchev–Trinajstić information content (AvgIpc) is 1.99. The fraction of sp³-hybridized carbons (Fsp3) is 1.00. The topological polar surface area (TPSA) is 30.5 Å². The molecular weight excluding hydrogens is 178 g/mol. The molecule has 0 spiro atoms. The Hall–Kier alpha value is -0.120. The Morgan fingerprint density at radius 3 is 2.36 bits per heavy atom. The van der Waals surface area contributed by atoms with Crippen molar-refractivity contribution in [2.24, 2.45) is 5.92 Å². The van der Waals surface area contributed by atoms with Gasteiger partial charge in [-0.2, -0.15) is 0 Å². The molecule has 0 aromatic heterocycles. The van der Waals surface area contributed by atoms with Crippen molar-refractivity contribution >= 4 is 0 Å². The Balaban J connectivity index is 1.68. The van der Waals surface area contributed by atoms with E-state index in [0.717, 1.165) is 32.5 Å². The van der Waals surface area contributed by atoms with Crippen LogP contribution in [0, 0.1) is 5.92 Å². The van der Waals surface area contributed by atoms with Crippen LogP contribution in [0.3, 0.4) is 0 Å². The third-order valence-corrected chi connectivity index (χ3v) is 3.11. The second-order valence-corrected chi connectivity index (χ2v) is 4.71. The lowest BCUT2D eigenvalue weighted by Crippen LogP contribution is -2.49. The number of nitrogens with one attached hydrogen (secondary N) is 1. The first-order chi connectivity index (χ1) is 6.74. The third kappa shape index (κ3) is 2.69. The summed E-state index contributed by atoms with van der Waals surface area (Å²) in [5, 5.41) is 3.22. The summed E-state index contributed by atoms with van der Waals surface area (Å²) >= 11 is 0. The molecule has 2 fully saturated rings. The van der Waals surface area contributed by atoms with Gasteiger partial charge in [-0.05, 0) is 32.6 Å². The molecule has 2 aliphatic heterocycles. The molecule has 0 amide bonds.